The van der Waals surface area contributed by atoms with E-state index in [4.69, 9.17) is 4.74 Å². The smallest absolute Gasteiger partial charge is 0.339 e. The maximum absolute atomic E-state index is 13.9. The van der Waals surface area contributed by atoms with Gasteiger partial charge in [0.2, 0.25) is 0 Å². The summed E-state index contributed by atoms with van der Waals surface area (Å²) in [6.45, 7) is 3.83. The summed E-state index contributed by atoms with van der Waals surface area (Å²) in [4.78, 5) is 23.3. The van der Waals surface area contributed by atoms with Crippen molar-refractivity contribution in [3.05, 3.63) is 53.6 Å². The van der Waals surface area contributed by atoms with Crippen LogP contribution in [0, 0.1) is 17.6 Å². The summed E-state index contributed by atoms with van der Waals surface area (Å²) in [6, 6.07) is 6.95. The monoisotopic (exact) mass is 348 g/mol. The first kappa shape index (κ1) is 18.6. The first-order valence-electron chi connectivity index (χ1n) is 7.85. The zero-order chi connectivity index (χ0) is 18.6. The summed E-state index contributed by atoms with van der Waals surface area (Å²) in [5.41, 5.74) is 0.0386. The molecule has 0 saturated heterocycles. The minimum absolute atomic E-state index is 0.0568. The first-order valence-corrected chi connectivity index (χ1v) is 7.85. The third-order valence-corrected chi connectivity index (χ3v) is 3.89. The average Bonchev–Trinajstić information content (AvgIpc) is 2.55. The van der Waals surface area contributed by atoms with E-state index in [-0.39, 0.29) is 34.8 Å². The maximum atomic E-state index is 13.9. The van der Waals surface area contributed by atoms with E-state index in [2.05, 4.69) is 0 Å². The van der Waals surface area contributed by atoms with Crippen molar-refractivity contribution in [2.24, 2.45) is 5.92 Å². The van der Waals surface area contributed by atoms with Crippen molar-refractivity contribution >= 4 is 11.9 Å². The molecule has 1 N–H and O–H groups in total. The molecule has 0 saturated carbocycles. The van der Waals surface area contributed by atoms with Crippen molar-refractivity contribution in [2.75, 3.05) is 0 Å². The summed E-state index contributed by atoms with van der Waals surface area (Å²) in [7, 11) is 0. The fourth-order valence-corrected chi connectivity index (χ4v) is 2.27. The van der Waals surface area contributed by atoms with Gasteiger partial charge < -0.3 is 9.84 Å². The summed E-state index contributed by atoms with van der Waals surface area (Å²) >= 11 is 0. The molecule has 2 aromatic carbocycles. The molecule has 0 heterocycles. The summed E-state index contributed by atoms with van der Waals surface area (Å²) in [5, 5.41) is 9.35. The van der Waals surface area contributed by atoms with Crippen LogP contribution in [-0.2, 0) is 4.79 Å². The molecule has 0 fully saturated rings. The topological polar surface area (TPSA) is 63.6 Å². The highest BCUT2D eigenvalue weighted by Gasteiger charge is 2.18. The van der Waals surface area contributed by atoms with E-state index in [1.807, 2.05) is 13.8 Å². The molecule has 2 rings (SSSR count). The molecule has 0 radical (unpaired) electrons. The lowest BCUT2D eigenvalue weighted by molar-refractivity contribution is -0.135. The van der Waals surface area contributed by atoms with E-state index < -0.39 is 23.6 Å². The molecule has 0 aliphatic heterocycles. The molecule has 1 unspecified atom stereocenters. The minimum atomic E-state index is -1.31. The fourth-order valence-electron chi connectivity index (χ4n) is 2.27. The van der Waals surface area contributed by atoms with Crippen LogP contribution in [0.4, 0.5) is 8.78 Å². The lowest BCUT2D eigenvalue weighted by Crippen LogP contribution is -2.14. The molecular formula is C19H18F2O4. The third kappa shape index (κ3) is 4.62. The Kier molecular flexibility index (Phi) is 5.85. The van der Waals surface area contributed by atoms with Crippen LogP contribution in [0.3, 0.4) is 0 Å². The Morgan fingerprint density at radius 1 is 1.16 bits per heavy atom. The fraction of sp³-hybridized carbons (Fsp3) is 0.263. The molecule has 0 aromatic heterocycles. The molecule has 25 heavy (non-hydrogen) atoms. The number of hydrogen-bond donors (Lipinski definition) is 1. The van der Waals surface area contributed by atoms with Gasteiger partial charge in [0.1, 0.15) is 22.9 Å². The largest absolute Gasteiger partial charge is 0.478 e. The predicted octanol–water partition coefficient (Wildman–Crippen LogP) is 4.67. The predicted molar refractivity (Wildman–Crippen MR) is 88.5 cm³/mol. The molecular weight excluding hydrogens is 330 g/mol. The van der Waals surface area contributed by atoms with Gasteiger partial charge in [-0.15, -0.1) is 0 Å². The lowest BCUT2D eigenvalue weighted by atomic mass is 10.0. The highest BCUT2D eigenvalue weighted by atomic mass is 19.1. The zero-order valence-corrected chi connectivity index (χ0v) is 13.9. The van der Waals surface area contributed by atoms with E-state index in [1.54, 1.807) is 0 Å². The molecule has 0 aliphatic rings. The number of hydrogen-bond acceptors (Lipinski definition) is 3. The Morgan fingerprint density at radius 3 is 2.48 bits per heavy atom. The Morgan fingerprint density at radius 2 is 1.88 bits per heavy atom. The zero-order valence-electron chi connectivity index (χ0n) is 13.9. The van der Waals surface area contributed by atoms with Gasteiger partial charge in [0.25, 0.3) is 0 Å². The second kappa shape index (κ2) is 7.88. The number of ether oxygens (including phenoxy) is 1. The van der Waals surface area contributed by atoms with E-state index in [0.717, 1.165) is 18.6 Å². The van der Waals surface area contributed by atoms with Gasteiger partial charge in [-0.1, -0.05) is 26.3 Å². The SMILES string of the molecule is CCC(C)CC(=O)Oc1ccc(-c2ccc(F)cc2F)cc1C(=O)O. The van der Waals surface area contributed by atoms with E-state index in [1.165, 1.54) is 24.3 Å². The number of carboxylic acid groups (broad SMARTS) is 1. The van der Waals surface area contributed by atoms with Gasteiger partial charge in [-0.3, -0.25) is 4.79 Å². The van der Waals surface area contributed by atoms with E-state index >= 15 is 0 Å². The van der Waals surface area contributed by atoms with Crippen molar-refractivity contribution in [3.8, 4) is 16.9 Å². The van der Waals surface area contributed by atoms with Crippen LogP contribution in [0.1, 0.15) is 37.0 Å². The summed E-state index contributed by atoms with van der Waals surface area (Å²) in [5.74, 6) is -3.36. The van der Waals surface area contributed by atoms with Crippen molar-refractivity contribution in [2.45, 2.75) is 26.7 Å². The molecule has 0 bridgehead atoms. The second-order valence-electron chi connectivity index (χ2n) is 5.83. The summed E-state index contributed by atoms with van der Waals surface area (Å²) in [6.07, 6.45) is 0.966. The van der Waals surface area contributed by atoms with Crippen LogP contribution in [0.5, 0.6) is 5.75 Å². The van der Waals surface area contributed by atoms with Crippen molar-refractivity contribution in [3.63, 3.8) is 0 Å². The average molecular weight is 348 g/mol. The van der Waals surface area contributed by atoms with Crippen molar-refractivity contribution in [1.82, 2.24) is 0 Å². The molecule has 0 amide bonds. The minimum Gasteiger partial charge on any atom is -0.478 e. The third-order valence-electron chi connectivity index (χ3n) is 3.89. The molecule has 1 atom stereocenters. The van der Waals surface area contributed by atoms with Gasteiger partial charge in [-0.25, -0.2) is 13.6 Å². The number of aromatic carboxylic acids is 1. The van der Waals surface area contributed by atoms with Crippen LogP contribution >= 0.6 is 0 Å². The molecule has 0 spiro atoms. The highest BCUT2D eigenvalue weighted by Crippen LogP contribution is 2.29. The van der Waals surface area contributed by atoms with E-state index in [0.29, 0.717) is 0 Å². The van der Waals surface area contributed by atoms with Crippen LogP contribution in [0.2, 0.25) is 0 Å². The van der Waals surface area contributed by atoms with Gasteiger partial charge in [0.15, 0.2) is 0 Å². The number of carbonyl (C=O) groups is 2. The highest BCUT2D eigenvalue weighted by molar-refractivity contribution is 5.93. The van der Waals surface area contributed by atoms with Crippen molar-refractivity contribution in [1.29, 1.82) is 0 Å². The molecule has 132 valence electrons. The molecule has 6 heteroatoms. The Bertz CT molecular complexity index is 802. The normalized spacial score (nSPS) is 11.8. The second-order valence-corrected chi connectivity index (χ2v) is 5.83. The number of carbonyl (C=O) groups excluding carboxylic acids is 1. The van der Waals surface area contributed by atoms with Crippen LogP contribution in [-0.4, -0.2) is 17.0 Å². The van der Waals surface area contributed by atoms with E-state index in [9.17, 15) is 23.5 Å². The van der Waals surface area contributed by atoms with Crippen LogP contribution in [0.25, 0.3) is 11.1 Å². The standard InChI is InChI=1S/C19H18F2O4/c1-3-11(2)8-18(22)25-17-7-4-12(9-15(17)19(23)24)14-6-5-13(20)10-16(14)21/h4-7,9-11H,3,8H2,1-2H3,(H,23,24). The summed E-state index contributed by atoms with van der Waals surface area (Å²) < 4.78 is 32.1. The quantitative estimate of drug-likeness (QED) is 0.608. The van der Waals surface area contributed by atoms with Crippen LogP contribution in [0.15, 0.2) is 36.4 Å². The maximum Gasteiger partial charge on any atom is 0.339 e. The molecule has 4 nitrogen and oxygen atoms in total. The van der Waals surface area contributed by atoms with Gasteiger partial charge in [-0.05, 0) is 35.7 Å². The van der Waals surface area contributed by atoms with Gasteiger partial charge in [-0.2, -0.15) is 0 Å². The Balaban J connectivity index is 2.34. The molecule has 2 aromatic rings. The Hall–Kier alpha value is -2.76. The number of carboxylic acids is 1. The number of halogens is 2. The van der Waals surface area contributed by atoms with Gasteiger partial charge in [0.05, 0.1) is 0 Å². The van der Waals surface area contributed by atoms with Gasteiger partial charge in [0, 0.05) is 18.1 Å². The first-order chi connectivity index (χ1) is 11.8. The number of esters is 1. The van der Waals surface area contributed by atoms with Crippen molar-refractivity contribution < 1.29 is 28.2 Å². The van der Waals surface area contributed by atoms with Crippen LogP contribution < -0.4 is 4.74 Å². The molecule has 0 aliphatic carbocycles. The number of benzene rings is 2. The number of rotatable bonds is 6. The Labute approximate surface area is 144 Å². The lowest BCUT2D eigenvalue weighted by Gasteiger charge is -2.12. The van der Waals surface area contributed by atoms with Gasteiger partial charge >= 0.3 is 11.9 Å².